The van der Waals surface area contributed by atoms with Crippen LogP contribution in [0.25, 0.3) is 0 Å². The number of carbonyl (C=O) groups is 2. The molecule has 0 aliphatic heterocycles. The molecule has 35 heavy (non-hydrogen) atoms. The second kappa shape index (κ2) is 11.9. The van der Waals surface area contributed by atoms with Crippen molar-refractivity contribution in [2.24, 2.45) is 0 Å². The lowest BCUT2D eigenvalue weighted by molar-refractivity contribution is -0.141. The van der Waals surface area contributed by atoms with E-state index in [1.807, 2.05) is 63.2 Å². The van der Waals surface area contributed by atoms with Crippen LogP contribution in [0.4, 0.5) is 0 Å². The van der Waals surface area contributed by atoms with Crippen molar-refractivity contribution in [1.82, 2.24) is 10.2 Å². The maximum atomic E-state index is 13.7. The molecule has 0 aliphatic carbocycles. The van der Waals surface area contributed by atoms with Crippen LogP contribution >= 0.6 is 34.8 Å². The summed E-state index contributed by atoms with van der Waals surface area (Å²) in [4.78, 5) is 28.9. The molecule has 0 aromatic heterocycles. The smallest absolute Gasteiger partial charge is 0.243 e. The minimum absolute atomic E-state index is 0.0819. The zero-order valence-electron chi connectivity index (χ0n) is 20.0. The number of nitrogens with one attached hydrogen (secondary N) is 1. The van der Waals surface area contributed by atoms with Crippen molar-refractivity contribution in [3.05, 3.63) is 105 Å². The van der Waals surface area contributed by atoms with Crippen LogP contribution in [0.5, 0.6) is 0 Å². The summed E-state index contributed by atoms with van der Waals surface area (Å²) in [5.41, 5.74) is 2.11. The van der Waals surface area contributed by atoms with E-state index in [2.05, 4.69) is 5.32 Å². The highest BCUT2D eigenvalue weighted by Crippen LogP contribution is 2.24. The quantitative estimate of drug-likeness (QED) is 0.350. The largest absolute Gasteiger partial charge is 0.350 e. The summed E-state index contributed by atoms with van der Waals surface area (Å²) < 4.78 is 0. The summed E-state index contributed by atoms with van der Waals surface area (Å²) in [5.74, 6) is -0.402. The third-order valence-corrected chi connectivity index (χ3v) is 6.37. The molecule has 0 saturated heterocycles. The molecule has 0 bridgehead atoms. The van der Waals surface area contributed by atoms with E-state index < -0.39 is 11.6 Å². The Kier molecular flexibility index (Phi) is 9.23. The molecule has 3 aromatic carbocycles. The molecule has 3 rings (SSSR count). The summed E-state index contributed by atoms with van der Waals surface area (Å²) in [6.07, 6.45) is 0.460. The van der Waals surface area contributed by atoms with Crippen LogP contribution in [0.2, 0.25) is 15.1 Å². The standard InChI is InChI=1S/C28H29Cl3N2O2/c1-28(2,3)32-27(35)25(16-19-7-5-4-6-8-19)33(18-20-9-12-22(29)13-10-20)26(34)17-21-11-14-23(30)24(31)15-21/h4-15,25H,16-18H2,1-3H3,(H,32,35)/t25-/m1/s1. The molecule has 3 aromatic rings. The fourth-order valence-corrected chi connectivity index (χ4v) is 4.17. The van der Waals surface area contributed by atoms with Gasteiger partial charge in [-0.1, -0.05) is 83.3 Å². The molecule has 1 N–H and O–H groups in total. The molecule has 0 unspecified atom stereocenters. The predicted molar refractivity (Wildman–Crippen MR) is 144 cm³/mol. The summed E-state index contributed by atoms with van der Waals surface area (Å²) in [6.45, 7) is 6.02. The summed E-state index contributed by atoms with van der Waals surface area (Å²) in [5, 5.41) is 4.47. The van der Waals surface area contributed by atoms with E-state index in [0.717, 1.165) is 16.7 Å². The maximum absolute atomic E-state index is 13.7. The minimum atomic E-state index is -0.720. The van der Waals surface area contributed by atoms with Gasteiger partial charge in [0.15, 0.2) is 0 Å². The third-order valence-electron chi connectivity index (χ3n) is 5.37. The van der Waals surface area contributed by atoms with Crippen LogP contribution in [0.15, 0.2) is 72.8 Å². The van der Waals surface area contributed by atoms with Crippen molar-refractivity contribution in [1.29, 1.82) is 0 Å². The second-order valence-electron chi connectivity index (χ2n) is 9.52. The Bertz CT molecular complexity index is 1160. The van der Waals surface area contributed by atoms with E-state index in [0.29, 0.717) is 21.5 Å². The van der Waals surface area contributed by atoms with Crippen LogP contribution in [-0.2, 0) is 29.0 Å². The lowest BCUT2D eigenvalue weighted by atomic mass is 10.00. The van der Waals surface area contributed by atoms with Crippen molar-refractivity contribution >= 4 is 46.6 Å². The molecule has 2 amide bonds. The highest BCUT2D eigenvalue weighted by atomic mass is 35.5. The molecule has 7 heteroatoms. The number of nitrogens with zero attached hydrogens (tertiary/aromatic N) is 1. The lowest BCUT2D eigenvalue weighted by Crippen LogP contribution is -2.54. The van der Waals surface area contributed by atoms with Gasteiger partial charge in [-0.2, -0.15) is 0 Å². The van der Waals surface area contributed by atoms with E-state index in [9.17, 15) is 9.59 Å². The topological polar surface area (TPSA) is 49.4 Å². The van der Waals surface area contributed by atoms with Gasteiger partial charge in [0.1, 0.15) is 6.04 Å². The van der Waals surface area contributed by atoms with Gasteiger partial charge in [-0.15, -0.1) is 0 Å². The normalized spacial score (nSPS) is 12.2. The average molecular weight is 532 g/mol. The Morgan fingerprint density at radius 3 is 2.06 bits per heavy atom. The molecule has 0 spiro atoms. The number of rotatable bonds is 8. The molecule has 0 radical (unpaired) electrons. The first-order chi connectivity index (χ1) is 16.5. The summed E-state index contributed by atoms with van der Waals surface area (Å²) >= 11 is 18.3. The Balaban J connectivity index is 1.99. The predicted octanol–water partition coefficient (Wildman–Crippen LogP) is 6.74. The van der Waals surface area contributed by atoms with Crippen LogP contribution in [0.3, 0.4) is 0 Å². The third kappa shape index (κ3) is 8.28. The molecule has 0 saturated carbocycles. The molecule has 0 aliphatic rings. The van der Waals surface area contributed by atoms with Crippen molar-refractivity contribution in [3.63, 3.8) is 0 Å². The van der Waals surface area contributed by atoms with Gasteiger partial charge in [-0.3, -0.25) is 9.59 Å². The first-order valence-electron chi connectivity index (χ1n) is 11.4. The number of hydrogen-bond acceptors (Lipinski definition) is 2. The maximum Gasteiger partial charge on any atom is 0.243 e. The molecular weight excluding hydrogens is 503 g/mol. The number of hydrogen-bond donors (Lipinski definition) is 1. The van der Waals surface area contributed by atoms with Gasteiger partial charge in [0.05, 0.1) is 16.5 Å². The first-order valence-corrected chi connectivity index (χ1v) is 12.5. The SMILES string of the molecule is CC(C)(C)NC(=O)[C@@H](Cc1ccccc1)N(Cc1ccc(Cl)cc1)C(=O)Cc1ccc(Cl)c(Cl)c1. The molecule has 1 atom stereocenters. The number of halogens is 3. The number of carbonyl (C=O) groups excluding carboxylic acids is 2. The van der Waals surface area contributed by atoms with Crippen molar-refractivity contribution in [3.8, 4) is 0 Å². The van der Waals surface area contributed by atoms with E-state index in [1.54, 1.807) is 35.2 Å². The fraction of sp³-hybridized carbons (Fsp3) is 0.286. The lowest BCUT2D eigenvalue weighted by Gasteiger charge is -2.34. The van der Waals surface area contributed by atoms with E-state index in [4.69, 9.17) is 34.8 Å². The van der Waals surface area contributed by atoms with Gasteiger partial charge in [0.25, 0.3) is 0 Å². The van der Waals surface area contributed by atoms with E-state index >= 15 is 0 Å². The Labute approximate surface area is 222 Å². The average Bonchev–Trinajstić information content (AvgIpc) is 2.79. The van der Waals surface area contributed by atoms with Gasteiger partial charge < -0.3 is 10.2 Å². The zero-order valence-corrected chi connectivity index (χ0v) is 22.3. The highest BCUT2D eigenvalue weighted by Gasteiger charge is 2.32. The Hall–Kier alpha value is -2.53. The van der Waals surface area contributed by atoms with E-state index in [-0.39, 0.29) is 24.8 Å². The van der Waals surface area contributed by atoms with Crippen molar-refractivity contribution < 1.29 is 9.59 Å². The second-order valence-corrected chi connectivity index (χ2v) is 10.8. The zero-order chi connectivity index (χ0) is 25.6. The molecular formula is C28H29Cl3N2O2. The summed E-state index contributed by atoms with van der Waals surface area (Å²) in [7, 11) is 0. The Morgan fingerprint density at radius 1 is 0.829 bits per heavy atom. The van der Waals surface area contributed by atoms with Gasteiger partial charge in [0.2, 0.25) is 11.8 Å². The number of amides is 2. The van der Waals surface area contributed by atoms with Crippen LogP contribution < -0.4 is 5.32 Å². The molecule has 4 nitrogen and oxygen atoms in total. The van der Waals surface area contributed by atoms with Gasteiger partial charge >= 0.3 is 0 Å². The van der Waals surface area contributed by atoms with Gasteiger partial charge in [-0.05, 0) is 61.7 Å². The summed E-state index contributed by atoms with van der Waals surface area (Å²) in [6, 6.07) is 21.4. The minimum Gasteiger partial charge on any atom is -0.350 e. The first kappa shape index (κ1) is 27.1. The highest BCUT2D eigenvalue weighted by molar-refractivity contribution is 6.42. The number of benzene rings is 3. The van der Waals surface area contributed by atoms with Crippen molar-refractivity contribution in [2.75, 3.05) is 0 Å². The fourth-order valence-electron chi connectivity index (χ4n) is 3.72. The van der Waals surface area contributed by atoms with Gasteiger partial charge in [-0.25, -0.2) is 0 Å². The monoisotopic (exact) mass is 530 g/mol. The van der Waals surface area contributed by atoms with Crippen LogP contribution in [0.1, 0.15) is 37.5 Å². The molecule has 184 valence electrons. The van der Waals surface area contributed by atoms with Crippen molar-refractivity contribution in [2.45, 2.75) is 51.7 Å². The molecule has 0 heterocycles. The van der Waals surface area contributed by atoms with Crippen LogP contribution in [-0.4, -0.2) is 28.3 Å². The van der Waals surface area contributed by atoms with E-state index in [1.165, 1.54) is 0 Å². The Morgan fingerprint density at radius 2 is 1.46 bits per heavy atom. The molecule has 0 fully saturated rings. The van der Waals surface area contributed by atoms with Gasteiger partial charge in [0, 0.05) is 23.5 Å². The van der Waals surface area contributed by atoms with Crippen LogP contribution in [0, 0.1) is 0 Å².